The Morgan fingerprint density at radius 1 is 1.29 bits per heavy atom. The molecule has 0 bridgehead atoms. The summed E-state index contributed by atoms with van der Waals surface area (Å²) in [5, 5.41) is 2.99. The molecule has 3 heteroatoms. The normalized spacial score (nSPS) is 22.4. The van der Waals surface area contributed by atoms with Crippen LogP contribution in [0.4, 0.5) is 5.69 Å². The van der Waals surface area contributed by atoms with Gasteiger partial charge in [-0.25, -0.2) is 0 Å². The van der Waals surface area contributed by atoms with Crippen molar-refractivity contribution in [2.75, 3.05) is 5.32 Å². The fourth-order valence-corrected chi connectivity index (χ4v) is 3.41. The second kappa shape index (κ2) is 2.76. The van der Waals surface area contributed by atoms with Crippen LogP contribution in [0.3, 0.4) is 0 Å². The van der Waals surface area contributed by atoms with E-state index in [1.165, 1.54) is 11.3 Å². The average Bonchev–Trinajstić information content (AvgIpc) is 2.14. The molecule has 1 amide bonds. The zero-order chi connectivity index (χ0) is 9.60. The number of carbonyl (C=O) groups excluding carboxylic acids is 1. The molecule has 0 aromatic heterocycles. The summed E-state index contributed by atoms with van der Waals surface area (Å²) in [4.78, 5) is 13.0. The molecule has 0 atom stereocenters. The molecule has 1 aliphatic carbocycles. The van der Waals surface area contributed by atoms with Gasteiger partial charge in [-0.3, -0.25) is 4.79 Å². The summed E-state index contributed by atoms with van der Waals surface area (Å²) in [7, 11) is 0. The molecule has 0 unspecified atom stereocenters. The highest BCUT2D eigenvalue weighted by atomic mass is 32.2. The summed E-state index contributed by atoms with van der Waals surface area (Å²) in [6, 6.07) is 8.03. The van der Waals surface area contributed by atoms with Crippen molar-refractivity contribution < 1.29 is 4.79 Å². The summed E-state index contributed by atoms with van der Waals surface area (Å²) < 4.78 is -0.131. The number of rotatable bonds is 0. The first-order valence-electron chi connectivity index (χ1n) is 4.90. The summed E-state index contributed by atoms with van der Waals surface area (Å²) >= 11 is 1.74. The third kappa shape index (κ3) is 1.02. The fourth-order valence-electron chi connectivity index (χ4n) is 1.98. The van der Waals surface area contributed by atoms with Gasteiger partial charge in [0.05, 0.1) is 10.4 Å². The van der Waals surface area contributed by atoms with E-state index in [0.29, 0.717) is 0 Å². The number of hydrogen-bond donors (Lipinski definition) is 1. The lowest BCUT2D eigenvalue weighted by Gasteiger charge is -2.42. The van der Waals surface area contributed by atoms with Gasteiger partial charge in [-0.1, -0.05) is 12.1 Å². The predicted molar refractivity (Wildman–Crippen MR) is 57.5 cm³/mol. The Bertz CT molecular complexity index is 398. The maximum Gasteiger partial charge on any atom is 0.241 e. The Hall–Kier alpha value is -0.960. The minimum Gasteiger partial charge on any atom is -0.324 e. The van der Waals surface area contributed by atoms with Gasteiger partial charge in [0.1, 0.15) is 0 Å². The topological polar surface area (TPSA) is 29.1 Å². The van der Waals surface area contributed by atoms with Gasteiger partial charge in [-0.05, 0) is 31.4 Å². The number of carbonyl (C=O) groups is 1. The first kappa shape index (κ1) is 8.36. The van der Waals surface area contributed by atoms with E-state index in [1.807, 2.05) is 18.2 Å². The van der Waals surface area contributed by atoms with Gasteiger partial charge in [-0.2, -0.15) is 0 Å². The Morgan fingerprint density at radius 3 is 2.79 bits per heavy atom. The van der Waals surface area contributed by atoms with Crippen LogP contribution in [0.25, 0.3) is 0 Å². The van der Waals surface area contributed by atoms with E-state index >= 15 is 0 Å². The maximum absolute atomic E-state index is 11.8. The van der Waals surface area contributed by atoms with E-state index in [2.05, 4.69) is 11.4 Å². The largest absolute Gasteiger partial charge is 0.324 e. The molecule has 1 fully saturated rings. The standard InChI is InChI=1S/C11H11NOS/c13-10-11(6-3-7-11)14-9-5-2-1-4-8(9)12-10/h1-2,4-5H,3,6-7H2,(H,12,13). The van der Waals surface area contributed by atoms with Crippen molar-refractivity contribution in [3.8, 4) is 0 Å². The van der Waals surface area contributed by atoms with Crippen molar-refractivity contribution in [2.24, 2.45) is 0 Å². The molecule has 1 spiro atoms. The van der Waals surface area contributed by atoms with Crippen LogP contribution in [0.5, 0.6) is 0 Å². The molecule has 14 heavy (non-hydrogen) atoms. The minimum atomic E-state index is -0.131. The second-order valence-corrected chi connectivity index (χ2v) is 5.33. The van der Waals surface area contributed by atoms with Crippen molar-refractivity contribution in [3.63, 3.8) is 0 Å². The van der Waals surface area contributed by atoms with Crippen molar-refractivity contribution in [1.29, 1.82) is 0 Å². The molecular formula is C11H11NOS. The summed E-state index contributed by atoms with van der Waals surface area (Å²) in [5.41, 5.74) is 0.972. The highest BCUT2D eigenvalue weighted by molar-refractivity contribution is 8.01. The number of thioether (sulfide) groups is 1. The monoisotopic (exact) mass is 205 g/mol. The van der Waals surface area contributed by atoms with E-state index in [-0.39, 0.29) is 10.7 Å². The summed E-state index contributed by atoms with van der Waals surface area (Å²) in [6.07, 6.45) is 3.23. The van der Waals surface area contributed by atoms with Crippen LogP contribution in [0.15, 0.2) is 29.2 Å². The van der Waals surface area contributed by atoms with Crippen LogP contribution in [0, 0.1) is 0 Å². The van der Waals surface area contributed by atoms with Crippen molar-refractivity contribution in [2.45, 2.75) is 28.9 Å². The molecule has 1 aliphatic heterocycles. The number of hydrogen-bond acceptors (Lipinski definition) is 2. The molecule has 3 rings (SSSR count). The zero-order valence-electron chi connectivity index (χ0n) is 7.75. The van der Waals surface area contributed by atoms with Gasteiger partial charge in [0.25, 0.3) is 0 Å². The van der Waals surface area contributed by atoms with Gasteiger partial charge in [-0.15, -0.1) is 11.8 Å². The third-order valence-corrected chi connectivity index (χ3v) is 4.58. The van der Waals surface area contributed by atoms with E-state index < -0.39 is 0 Å². The Kier molecular flexibility index (Phi) is 1.65. The highest BCUT2D eigenvalue weighted by Gasteiger charge is 2.47. The zero-order valence-corrected chi connectivity index (χ0v) is 8.56. The second-order valence-electron chi connectivity index (χ2n) is 3.90. The lowest BCUT2D eigenvalue weighted by Crippen LogP contribution is -2.47. The van der Waals surface area contributed by atoms with Crippen LogP contribution < -0.4 is 5.32 Å². The molecule has 0 radical (unpaired) electrons. The number of para-hydroxylation sites is 1. The molecule has 1 N–H and O–H groups in total. The van der Waals surface area contributed by atoms with Crippen molar-refractivity contribution in [3.05, 3.63) is 24.3 Å². The molecule has 72 valence electrons. The van der Waals surface area contributed by atoms with Gasteiger partial charge in [0.15, 0.2) is 0 Å². The van der Waals surface area contributed by atoms with Gasteiger partial charge >= 0.3 is 0 Å². The summed E-state index contributed by atoms with van der Waals surface area (Å²) in [6.45, 7) is 0. The molecule has 2 nitrogen and oxygen atoms in total. The van der Waals surface area contributed by atoms with E-state index in [4.69, 9.17) is 0 Å². The van der Waals surface area contributed by atoms with E-state index in [0.717, 1.165) is 18.5 Å². The molecule has 0 saturated heterocycles. The quantitative estimate of drug-likeness (QED) is 0.705. The Morgan fingerprint density at radius 2 is 2.07 bits per heavy atom. The maximum atomic E-state index is 11.8. The number of anilines is 1. The minimum absolute atomic E-state index is 0.131. The number of fused-ring (bicyclic) bond motifs is 1. The van der Waals surface area contributed by atoms with Crippen LogP contribution >= 0.6 is 11.8 Å². The fraction of sp³-hybridized carbons (Fsp3) is 0.364. The Balaban J connectivity index is 2.03. The molecular weight excluding hydrogens is 194 g/mol. The smallest absolute Gasteiger partial charge is 0.241 e. The molecule has 1 saturated carbocycles. The first-order chi connectivity index (χ1) is 6.80. The first-order valence-corrected chi connectivity index (χ1v) is 5.71. The number of amides is 1. The van der Waals surface area contributed by atoms with Gasteiger partial charge < -0.3 is 5.32 Å². The predicted octanol–water partition coefficient (Wildman–Crippen LogP) is 2.65. The number of nitrogens with one attached hydrogen (secondary N) is 1. The lowest BCUT2D eigenvalue weighted by atomic mass is 9.83. The van der Waals surface area contributed by atoms with Crippen LogP contribution in [-0.2, 0) is 4.79 Å². The SMILES string of the molecule is O=C1Nc2ccccc2SC12CCC2. The average molecular weight is 205 g/mol. The van der Waals surface area contributed by atoms with Crippen LogP contribution in [-0.4, -0.2) is 10.7 Å². The van der Waals surface area contributed by atoms with Gasteiger partial charge in [0.2, 0.25) is 5.91 Å². The highest BCUT2D eigenvalue weighted by Crippen LogP contribution is 2.52. The van der Waals surface area contributed by atoms with Crippen molar-refractivity contribution >= 4 is 23.4 Å². The third-order valence-electron chi connectivity index (χ3n) is 3.02. The molecule has 1 heterocycles. The van der Waals surface area contributed by atoms with Crippen molar-refractivity contribution in [1.82, 2.24) is 0 Å². The number of benzene rings is 1. The van der Waals surface area contributed by atoms with Crippen LogP contribution in [0.2, 0.25) is 0 Å². The summed E-state index contributed by atoms with van der Waals surface area (Å²) in [5.74, 6) is 0.201. The molecule has 2 aliphatic rings. The molecule has 1 aromatic carbocycles. The van der Waals surface area contributed by atoms with Crippen LogP contribution in [0.1, 0.15) is 19.3 Å². The molecule has 1 aromatic rings. The Labute approximate surface area is 87.1 Å². The van der Waals surface area contributed by atoms with E-state index in [1.54, 1.807) is 11.8 Å². The lowest BCUT2D eigenvalue weighted by molar-refractivity contribution is -0.120. The van der Waals surface area contributed by atoms with E-state index in [9.17, 15) is 4.79 Å². The van der Waals surface area contributed by atoms with Gasteiger partial charge in [0, 0.05) is 4.90 Å².